The summed E-state index contributed by atoms with van der Waals surface area (Å²) in [4.78, 5) is -0.279. The molecule has 0 aliphatic rings. The fourth-order valence-electron chi connectivity index (χ4n) is 2.29. The van der Waals surface area contributed by atoms with Crippen LogP contribution in [-0.2, 0) is 23.0 Å². The normalized spacial score (nSPS) is 12.7. The van der Waals surface area contributed by atoms with Gasteiger partial charge in [0.15, 0.2) is 0 Å². The number of alkyl halides is 3. The molecule has 1 aromatic carbocycles. The lowest BCUT2D eigenvalue weighted by Crippen LogP contribution is -2.36. The summed E-state index contributed by atoms with van der Waals surface area (Å²) in [5.41, 5.74) is 6.44. The largest absolute Gasteiger partial charge is 0.408 e. The van der Waals surface area contributed by atoms with Crippen LogP contribution in [0.25, 0.3) is 0 Å². The van der Waals surface area contributed by atoms with Crippen molar-refractivity contribution in [2.24, 2.45) is 5.73 Å². The average molecular weight is 376 g/mol. The Labute approximate surface area is 144 Å². The molecule has 0 radical (unpaired) electrons. The smallest absolute Gasteiger partial charge is 0.329 e. The average Bonchev–Trinajstić information content (AvgIpc) is 2.99. The number of benzene rings is 1. The van der Waals surface area contributed by atoms with Crippen LogP contribution in [0.5, 0.6) is 0 Å². The molecule has 2 N–H and O–H groups in total. The minimum Gasteiger partial charge on any atom is -0.329 e. The zero-order chi connectivity index (χ0) is 18.5. The molecule has 0 amide bonds. The zero-order valence-electron chi connectivity index (χ0n) is 13.4. The van der Waals surface area contributed by atoms with Gasteiger partial charge in [-0.05, 0) is 12.0 Å². The molecule has 1 aromatic heterocycles. The SMILES string of the molecule is NCCN(CCc1ccccc1)S(=O)(=O)c1cnn(CC(F)(F)F)c1. The maximum absolute atomic E-state index is 12.7. The van der Waals surface area contributed by atoms with Crippen LogP contribution in [0, 0.1) is 0 Å². The molecule has 0 saturated carbocycles. The molecule has 0 aliphatic heterocycles. The van der Waals surface area contributed by atoms with E-state index in [-0.39, 0.29) is 24.5 Å². The zero-order valence-corrected chi connectivity index (χ0v) is 14.2. The third-order valence-corrected chi connectivity index (χ3v) is 5.31. The van der Waals surface area contributed by atoms with Gasteiger partial charge in [-0.1, -0.05) is 30.3 Å². The van der Waals surface area contributed by atoms with E-state index in [1.54, 1.807) is 0 Å². The van der Waals surface area contributed by atoms with Crippen molar-refractivity contribution in [1.29, 1.82) is 0 Å². The Bertz CT molecular complexity index is 776. The number of halogens is 3. The van der Waals surface area contributed by atoms with Crippen molar-refractivity contribution in [2.75, 3.05) is 19.6 Å². The standard InChI is InChI=1S/C15H19F3N4O2S/c16-15(17,18)12-21-11-14(10-20-21)25(23,24)22(9-7-19)8-6-13-4-2-1-3-5-13/h1-5,10-11H,6-9,12,19H2. The van der Waals surface area contributed by atoms with Gasteiger partial charge in [-0.2, -0.15) is 22.6 Å². The molecule has 1 heterocycles. The van der Waals surface area contributed by atoms with Crippen molar-refractivity contribution in [3.8, 4) is 0 Å². The molecule has 0 unspecified atom stereocenters. The first kappa shape index (κ1) is 19.4. The Morgan fingerprint density at radius 2 is 1.84 bits per heavy atom. The van der Waals surface area contributed by atoms with Crippen molar-refractivity contribution in [3.63, 3.8) is 0 Å². The lowest BCUT2D eigenvalue weighted by Gasteiger charge is -2.20. The molecule has 25 heavy (non-hydrogen) atoms. The summed E-state index contributed by atoms with van der Waals surface area (Å²) in [6, 6.07) is 9.28. The summed E-state index contributed by atoms with van der Waals surface area (Å²) in [6.45, 7) is -0.998. The quantitative estimate of drug-likeness (QED) is 0.759. The number of sulfonamides is 1. The predicted octanol–water partition coefficient (Wildman–Crippen LogP) is 1.64. The topological polar surface area (TPSA) is 81.2 Å². The van der Waals surface area contributed by atoms with Gasteiger partial charge in [0.1, 0.15) is 11.4 Å². The van der Waals surface area contributed by atoms with Gasteiger partial charge < -0.3 is 5.73 Å². The highest BCUT2D eigenvalue weighted by molar-refractivity contribution is 7.89. The van der Waals surface area contributed by atoms with Crippen molar-refractivity contribution in [1.82, 2.24) is 14.1 Å². The molecule has 0 atom stereocenters. The van der Waals surface area contributed by atoms with Gasteiger partial charge in [0.25, 0.3) is 0 Å². The van der Waals surface area contributed by atoms with Crippen molar-refractivity contribution in [2.45, 2.75) is 24.0 Å². The van der Waals surface area contributed by atoms with E-state index in [1.165, 1.54) is 0 Å². The van der Waals surface area contributed by atoms with Crippen molar-refractivity contribution in [3.05, 3.63) is 48.3 Å². The highest BCUT2D eigenvalue weighted by Crippen LogP contribution is 2.20. The van der Waals surface area contributed by atoms with Crippen LogP contribution in [-0.4, -0.2) is 48.3 Å². The van der Waals surface area contributed by atoms with Gasteiger partial charge in [-0.3, -0.25) is 4.68 Å². The van der Waals surface area contributed by atoms with Crippen molar-refractivity contribution < 1.29 is 21.6 Å². The van der Waals surface area contributed by atoms with Gasteiger partial charge in [0, 0.05) is 25.8 Å². The maximum Gasteiger partial charge on any atom is 0.408 e. The molecule has 0 fully saturated rings. The highest BCUT2D eigenvalue weighted by Gasteiger charge is 2.30. The Morgan fingerprint density at radius 3 is 2.44 bits per heavy atom. The molecule has 0 aliphatic carbocycles. The molecular formula is C15H19F3N4O2S. The van der Waals surface area contributed by atoms with Crippen LogP contribution in [0.1, 0.15) is 5.56 Å². The van der Waals surface area contributed by atoms with Crippen LogP contribution in [0.15, 0.2) is 47.6 Å². The van der Waals surface area contributed by atoms with Gasteiger partial charge in [0.05, 0.1) is 6.20 Å². The Kier molecular flexibility index (Phi) is 6.20. The van der Waals surface area contributed by atoms with E-state index in [1.807, 2.05) is 30.3 Å². The van der Waals surface area contributed by atoms with Crippen LogP contribution in [0.3, 0.4) is 0 Å². The molecule has 6 nitrogen and oxygen atoms in total. The van der Waals surface area contributed by atoms with Crippen molar-refractivity contribution >= 4 is 10.0 Å². The van der Waals surface area contributed by atoms with E-state index in [0.717, 1.165) is 22.3 Å². The first-order valence-electron chi connectivity index (χ1n) is 7.56. The van der Waals surface area contributed by atoms with Gasteiger partial charge in [-0.15, -0.1) is 0 Å². The fourth-order valence-corrected chi connectivity index (χ4v) is 3.70. The summed E-state index contributed by atoms with van der Waals surface area (Å²) < 4.78 is 64.2. The fraction of sp³-hybridized carbons (Fsp3) is 0.400. The molecular weight excluding hydrogens is 357 g/mol. The lowest BCUT2D eigenvalue weighted by molar-refractivity contribution is -0.142. The molecule has 2 aromatic rings. The number of hydrogen-bond donors (Lipinski definition) is 1. The van der Waals surface area contributed by atoms with E-state index in [4.69, 9.17) is 5.73 Å². The van der Waals surface area contributed by atoms with Gasteiger partial charge in [0.2, 0.25) is 10.0 Å². The highest BCUT2D eigenvalue weighted by atomic mass is 32.2. The third-order valence-electron chi connectivity index (χ3n) is 3.46. The molecule has 138 valence electrons. The number of nitrogens with zero attached hydrogens (tertiary/aromatic N) is 3. The second-order valence-corrected chi connectivity index (χ2v) is 7.36. The Morgan fingerprint density at radius 1 is 1.16 bits per heavy atom. The van der Waals surface area contributed by atoms with Crippen LogP contribution < -0.4 is 5.73 Å². The minimum absolute atomic E-state index is 0.0691. The molecule has 0 bridgehead atoms. The molecule has 2 rings (SSSR count). The summed E-state index contributed by atoms with van der Waals surface area (Å²) in [7, 11) is -3.97. The summed E-state index contributed by atoms with van der Waals surface area (Å²) >= 11 is 0. The summed E-state index contributed by atoms with van der Waals surface area (Å²) in [5, 5.41) is 3.49. The molecule has 10 heteroatoms. The van der Waals surface area contributed by atoms with E-state index >= 15 is 0 Å². The minimum atomic E-state index is -4.47. The van der Waals surface area contributed by atoms with E-state index in [9.17, 15) is 21.6 Å². The second-order valence-electron chi connectivity index (χ2n) is 5.42. The Balaban J connectivity index is 2.15. The van der Waals surface area contributed by atoms with E-state index in [0.29, 0.717) is 11.1 Å². The summed E-state index contributed by atoms with van der Waals surface area (Å²) in [6.07, 6.45) is -2.20. The van der Waals surface area contributed by atoms with Crippen LogP contribution >= 0.6 is 0 Å². The Hall–Kier alpha value is -1.91. The molecule has 0 saturated heterocycles. The number of rotatable bonds is 8. The predicted molar refractivity (Wildman–Crippen MR) is 86.2 cm³/mol. The number of aromatic nitrogens is 2. The van der Waals surface area contributed by atoms with Gasteiger partial charge in [-0.25, -0.2) is 8.42 Å². The number of nitrogens with two attached hydrogens (primary N) is 1. The maximum atomic E-state index is 12.7. The summed E-state index contributed by atoms with van der Waals surface area (Å²) in [5.74, 6) is 0. The third kappa shape index (κ3) is 5.55. The first-order chi connectivity index (χ1) is 11.7. The van der Waals surface area contributed by atoms with Crippen LogP contribution in [0.2, 0.25) is 0 Å². The second kappa shape index (κ2) is 7.98. The van der Waals surface area contributed by atoms with Gasteiger partial charge >= 0.3 is 6.18 Å². The van der Waals surface area contributed by atoms with Crippen LogP contribution in [0.4, 0.5) is 13.2 Å². The number of hydrogen-bond acceptors (Lipinski definition) is 4. The lowest BCUT2D eigenvalue weighted by atomic mass is 10.1. The van der Waals surface area contributed by atoms with E-state index < -0.39 is 22.7 Å². The molecule has 0 spiro atoms. The first-order valence-corrected chi connectivity index (χ1v) is 9.00. The monoisotopic (exact) mass is 376 g/mol. The van der Waals surface area contributed by atoms with E-state index in [2.05, 4.69) is 5.10 Å².